The quantitative estimate of drug-likeness (QED) is 0.486. The van der Waals surface area contributed by atoms with Crippen molar-refractivity contribution in [3.05, 3.63) is 108 Å². The highest BCUT2D eigenvalue weighted by Gasteiger charge is 2.30. The van der Waals surface area contributed by atoms with Gasteiger partial charge in [-0.1, -0.05) is 105 Å². The van der Waals surface area contributed by atoms with Gasteiger partial charge in [-0.15, -0.1) is 0 Å². The van der Waals surface area contributed by atoms with Crippen LogP contribution < -0.4 is 0 Å². The third-order valence-corrected chi connectivity index (χ3v) is 5.00. The van der Waals surface area contributed by atoms with E-state index in [4.69, 9.17) is 4.74 Å². The van der Waals surface area contributed by atoms with Gasteiger partial charge < -0.3 is 9.94 Å². The molecule has 0 aliphatic rings. The standard InChI is InChI=1S/C25H29NO2/c1-20(2)24(19-28-18-21-12-6-3-7-13-21)26(27)25(22-14-8-4-9-15-22)23-16-10-5-11-17-23/h3-17,20,24-25,27H,18-19H2,1-2H3/t24-/m1/s1. The average molecular weight is 376 g/mol. The van der Waals surface area contributed by atoms with Crippen LogP contribution in [0, 0.1) is 5.92 Å². The first-order valence-electron chi connectivity index (χ1n) is 9.85. The van der Waals surface area contributed by atoms with Gasteiger partial charge >= 0.3 is 0 Å². The lowest BCUT2D eigenvalue weighted by Crippen LogP contribution is -2.42. The van der Waals surface area contributed by atoms with Crippen LogP contribution in [0.1, 0.15) is 36.6 Å². The number of hydrogen-bond acceptors (Lipinski definition) is 3. The molecule has 0 radical (unpaired) electrons. The molecule has 146 valence electrons. The Morgan fingerprint density at radius 2 is 1.21 bits per heavy atom. The minimum absolute atomic E-state index is 0.130. The van der Waals surface area contributed by atoms with Gasteiger partial charge in [0.2, 0.25) is 0 Å². The molecule has 0 aliphatic carbocycles. The van der Waals surface area contributed by atoms with E-state index < -0.39 is 0 Å². The van der Waals surface area contributed by atoms with Crippen LogP contribution in [0.25, 0.3) is 0 Å². The van der Waals surface area contributed by atoms with E-state index in [0.29, 0.717) is 13.2 Å². The van der Waals surface area contributed by atoms with E-state index in [-0.39, 0.29) is 18.0 Å². The molecular weight excluding hydrogens is 346 g/mol. The zero-order valence-electron chi connectivity index (χ0n) is 16.6. The fourth-order valence-electron chi connectivity index (χ4n) is 3.41. The van der Waals surface area contributed by atoms with Gasteiger partial charge in [0.1, 0.15) is 0 Å². The fraction of sp³-hybridized carbons (Fsp3) is 0.280. The SMILES string of the molecule is CC(C)[C@@H](COCc1ccccc1)N(O)C(c1ccccc1)c1ccccc1. The molecule has 3 aromatic carbocycles. The molecule has 3 aromatic rings. The number of hydrogen-bond donors (Lipinski definition) is 1. The van der Waals surface area contributed by atoms with Gasteiger partial charge in [-0.25, -0.2) is 0 Å². The van der Waals surface area contributed by atoms with Gasteiger partial charge in [-0.2, -0.15) is 5.06 Å². The first-order chi connectivity index (χ1) is 13.7. The lowest BCUT2D eigenvalue weighted by molar-refractivity contribution is -0.178. The molecule has 0 amide bonds. The highest BCUT2D eigenvalue weighted by atomic mass is 16.5. The van der Waals surface area contributed by atoms with Crippen molar-refractivity contribution >= 4 is 0 Å². The summed E-state index contributed by atoms with van der Waals surface area (Å²) >= 11 is 0. The van der Waals surface area contributed by atoms with Crippen molar-refractivity contribution in [3.63, 3.8) is 0 Å². The molecule has 0 fully saturated rings. The highest BCUT2D eigenvalue weighted by molar-refractivity contribution is 5.31. The lowest BCUT2D eigenvalue weighted by Gasteiger charge is -2.35. The fourth-order valence-corrected chi connectivity index (χ4v) is 3.41. The Kier molecular flexibility index (Phi) is 7.38. The molecule has 0 saturated heterocycles. The van der Waals surface area contributed by atoms with Gasteiger partial charge in [-0.3, -0.25) is 0 Å². The Morgan fingerprint density at radius 3 is 1.68 bits per heavy atom. The second-order valence-electron chi connectivity index (χ2n) is 7.42. The zero-order chi connectivity index (χ0) is 19.8. The van der Waals surface area contributed by atoms with Gasteiger partial charge in [0.05, 0.1) is 25.3 Å². The van der Waals surface area contributed by atoms with Crippen molar-refractivity contribution in [1.82, 2.24) is 5.06 Å². The Balaban J connectivity index is 1.79. The topological polar surface area (TPSA) is 32.7 Å². The normalized spacial score (nSPS) is 12.6. The maximum Gasteiger partial charge on any atom is 0.0854 e. The van der Waals surface area contributed by atoms with E-state index in [1.165, 1.54) is 5.06 Å². The van der Waals surface area contributed by atoms with Crippen molar-refractivity contribution < 1.29 is 9.94 Å². The van der Waals surface area contributed by atoms with E-state index in [0.717, 1.165) is 16.7 Å². The van der Waals surface area contributed by atoms with E-state index in [9.17, 15) is 5.21 Å². The summed E-state index contributed by atoms with van der Waals surface area (Å²) < 4.78 is 5.98. The molecule has 1 atom stereocenters. The Hall–Kier alpha value is -2.46. The molecule has 0 saturated carbocycles. The summed E-state index contributed by atoms with van der Waals surface area (Å²) in [6, 6.07) is 30.0. The smallest absolute Gasteiger partial charge is 0.0854 e. The maximum atomic E-state index is 11.3. The summed E-state index contributed by atoms with van der Waals surface area (Å²) in [6.07, 6.45) is 0. The van der Waals surface area contributed by atoms with Gasteiger partial charge in [0, 0.05) is 0 Å². The molecule has 3 nitrogen and oxygen atoms in total. The van der Waals surface area contributed by atoms with Crippen molar-refractivity contribution in [2.24, 2.45) is 5.92 Å². The number of rotatable bonds is 9. The first kappa shape index (κ1) is 20.3. The predicted octanol–water partition coefficient (Wildman–Crippen LogP) is 5.71. The molecule has 0 aliphatic heterocycles. The largest absolute Gasteiger partial charge is 0.375 e. The monoisotopic (exact) mass is 375 g/mol. The molecule has 0 unspecified atom stereocenters. The van der Waals surface area contributed by atoms with Gasteiger partial charge in [0.25, 0.3) is 0 Å². The summed E-state index contributed by atoms with van der Waals surface area (Å²) in [5.41, 5.74) is 3.26. The zero-order valence-corrected chi connectivity index (χ0v) is 16.6. The number of hydroxylamine groups is 2. The Labute approximate surface area is 168 Å². The number of nitrogens with zero attached hydrogens (tertiary/aromatic N) is 1. The molecular formula is C25H29NO2. The third-order valence-electron chi connectivity index (χ3n) is 5.00. The van der Waals surface area contributed by atoms with Gasteiger partial charge in [-0.05, 0) is 22.6 Å². The van der Waals surface area contributed by atoms with Crippen molar-refractivity contribution in [2.45, 2.75) is 32.5 Å². The summed E-state index contributed by atoms with van der Waals surface area (Å²) in [5.74, 6) is 0.232. The molecule has 1 N–H and O–H groups in total. The molecule has 0 spiro atoms. The van der Waals surface area contributed by atoms with Crippen LogP contribution in [0.2, 0.25) is 0 Å². The second kappa shape index (κ2) is 10.2. The van der Waals surface area contributed by atoms with E-state index in [2.05, 4.69) is 50.2 Å². The molecule has 3 rings (SSSR count). The molecule has 0 bridgehead atoms. The minimum Gasteiger partial charge on any atom is -0.375 e. The summed E-state index contributed by atoms with van der Waals surface area (Å²) in [4.78, 5) is 0. The lowest BCUT2D eigenvalue weighted by atomic mass is 9.95. The summed E-state index contributed by atoms with van der Waals surface area (Å²) in [7, 11) is 0. The minimum atomic E-state index is -0.241. The van der Waals surface area contributed by atoms with E-state index in [1.807, 2.05) is 54.6 Å². The average Bonchev–Trinajstić information content (AvgIpc) is 2.73. The number of benzene rings is 3. The Morgan fingerprint density at radius 1 is 0.750 bits per heavy atom. The third kappa shape index (κ3) is 5.29. The van der Waals surface area contributed by atoms with E-state index in [1.54, 1.807) is 0 Å². The van der Waals surface area contributed by atoms with Crippen LogP contribution in [0.5, 0.6) is 0 Å². The van der Waals surface area contributed by atoms with Crippen LogP contribution in [0.3, 0.4) is 0 Å². The summed E-state index contributed by atoms with van der Waals surface area (Å²) in [5, 5.41) is 12.8. The van der Waals surface area contributed by atoms with Crippen LogP contribution in [-0.2, 0) is 11.3 Å². The van der Waals surface area contributed by atoms with Crippen LogP contribution in [0.4, 0.5) is 0 Å². The van der Waals surface area contributed by atoms with E-state index >= 15 is 0 Å². The maximum absolute atomic E-state index is 11.3. The van der Waals surface area contributed by atoms with Crippen molar-refractivity contribution in [2.75, 3.05) is 6.61 Å². The predicted molar refractivity (Wildman–Crippen MR) is 113 cm³/mol. The first-order valence-corrected chi connectivity index (χ1v) is 9.85. The molecule has 28 heavy (non-hydrogen) atoms. The van der Waals surface area contributed by atoms with Crippen molar-refractivity contribution in [3.8, 4) is 0 Å². The summed E-state index contributed by atoms with van der Waals surface area (Å²) in [6.45, 7) is 5.23. The second-order valence-corrected chi connectivity index (χ2v) is 7.42. The van der Waals surface area contributed by atoms with Crippen LogP contribution >= 0.6 is 0 Å². The molecule has 0 heterocycles. The number of ether oxygens (including phenoxy) is 1. The molecule has 0 aromatic heterocycles. The Bertz CT molecular complexity index is 766. The highest BCUT2D eigenvalue weighted by Crippen LogP contribution is 2.30. The van der Waals surface area contributed by atoms with Crippen molar-refractivity contribution in [1.29, 1.82) is 0 Å². The van der Waals surface area contributed by atoms with Gasteiger partial charge in [0.15, 0.2) is 0 Å². The van der Waals surface area contributed by atoms with Crippen LogP contribution in [-0.4, -0.2) is 22.9 Å². The molecule has 3 heteroatoms. The van der Waals surface area contributed by atoms with Crippen LogP contribution in [0.15, 0.2) is 91.0 Å².